The van der Waals surface area contributed by atoms with Crippen LogP contribution in [0.2, 0.25) is 0 Å². The highest BCUT2D eigenvalue weighted by Gasteiger charge is 2.38. The standard InChI is InChI=1S/C14H24N4O5/c1-7(2)11(17-12(20)8(15)6-10(16)19)13(21)18-5-3-4-9(18)14(22)23/h7-9,11H,3-6,15H2,1-2H3,(H2,16,19)(H,17,20)(H,22,23)/t8-,9+,11-/m0/s1. The number of nitrogens with zero attached hydrogens (tertiary/aromatic N) is 1. The maximum absolute atomic E-state index is 12.6. The molecule has 0 bridgehead atoms. The molecule has 0 saturated carbocycles. The van der Waals surface area contributed by atoms with E-state index in [1.165, 1.54) is 4.90 Å². The van der Waals surface area contributed by atoms with Crippen LogP contribution < -0.4 is 16.8 Å². The molecule has 1 aliphatic heterocycles. The normalized spacial score (nSPS) is 20.2. The molecule has 1 heterocycles. The van der Waals surface area contributed by atoms with Gasteiger partial charge in [-0.05, 0) is 18.8 Å². The molecule has 3 atom stereocenters. The van der Waals surface area contributed by atoms with E-state index >= 15 is 0 Å². The number of primary amides is 1. The number of likely N-dealkylation sites (tertiary alicyclic amines) is 1. The summed E-state index contributed by atoms with van der Waals surface area (Å²) in [6.45, 7) is 3.80. The van der Waals surface area contributed by atoms with Crippen molar-refractivity contribution in [2.24, 2.45) is 17.4 Å². The fourth-order valence-electron chi connectivity index (χ4n) is 2.55. The number of rotatable bonds is 7. The Morgan fingerprint density at radius 2 is 1.91 bits per heavy atom. The zero-order chi connectivity index (χ0) is 17.7. The van der Waals surface area contributed by atoms with Crippen LogP contribution in [0.1, 0.15) is 33.1 Å². The third-order valence-electron chi connectivity index (χ3n) is 3.81. The first-order valence-corrected chi connectivity index (χ1v) is 7.52. The van der Waals surface area contributed by atoms with Gasteiger partial charge in [0, 0.05) is 6.54 Å². The van der Waals surface area contributed by atoms with Gasteiger partial charge in [-0.3, -0.25) is 14.4 Å². The summed E-state index contributed by atoms with van der Waals surface area (Å²) >= 11 is 0. The number of carboxylic acids is 1. The van der Waals surface area contributed by atoms with Crippen LogP contribution in [0, 0.1) is 5.92 Å². The number of hydrogen-bond donors (Lipinski definition) is 4. The highest BCUT2D eigenvalue weighted by Crippen LogP contribution is 2.20. The summed E-state index contributed by atoms with van der Waals surface area (Å²) in [6.07, 6.45) is 0.663. The summed E-state index contributed by atoms with van der Waals surface area (Å²) in [6, 6.07) is -2.92. The maximum Gasteiger partial charge on any atom is 0.326 e. The number of nitrogens with two attached hydrogens (primary N) is 2. The summed E-state index contributed by atoms with van der Waals surface area (Å²) in [5.74, 6) is -3.16. The van der Waals surface area contributed by atoms with Crippen molar-refractivity contribution < 1.29 is 24.3 Å². The Hall–Kier alpha value is -2.16. The quantitative estimate of drug-likeness (QED) is 0.441. The number of carbonyl (C=O) groups excluding carboxylic acids is 3. The molecule has 1 rings (SSSR count). The second-order valence-corrected chi connectivity index (χ2v) is 6.04. The summed E-state index contributed by atoms with van der Waals surface area (Å²) < 4.78 is 0. The lowest BCUT2D eigenvalue weighted by Crippen LogP contribution is -2.56. The summed E-state index contributed by atoms with van der Waals surface area (Å²) in [5.41, 5.74) is 10.6. The first-order valence-electron chi connectivity index (χ1n) is 7.52. The van der Waals surface area contributed by atoms with Gasteiger partial charge in [-0.25, -0.2) is 4.79 Å². The monoisotopic (exact) mass is 328 g/mol. The molecule has 3 amide bonds. The minimum Gasteiger partial charge on any atom is -0.480 e. The lowest BCUT2D eigenvalue weighted by atomic mass is 10.0. The van der Waals surface area contributed by atoms with E-state index in [1.54, 1.807) is 13.8 Å². The van der Waals surface area contributed by atoms with Crippen molar-refractivity contribution in [2.75, 3.05) is 6.54 Å². The molecule has 1 aliphatic rings. The number of carboxylic acid groups (broad SMARTS) is 1. The summed E-state index contributed by atoms with van der Waals surface area (Å²) in [5, 5.41) is 11.7. The first kappa shape index (κ1) is 18.9. The van der Waals surface area contributed by atoms with Gasteiger partial charge < -0.3 is 26.8 Å². The van der Waals surface area contributed by atoms with Crippen molar-refractivity contribution in [3.05, 3.63) is 0 Å². The number of aliphatic carboxylic acids is 1. The molecule has 1 fully saturated rings. The topological polar surface area (TPSA) is 156 Å². The van der Waals surface area contributed by atoms with Crippen LogP contribution in [0.3, 0.4) is 0 Å². The lowest BCUT2D eigenvalue weighted by Gasteiger charge is -2.30. The van der Waals surface area contributed by atoms with E-state index in [-0.39, 0.29) is 12.3 Å². The molecule has 0 aromatic heterocycles. The second kappa shape index (κ2) is 7.91. The minimum absolute atomic E-state index is 0.262. The zero-order valence-electron chi connectivity index (χ0n) is 13.3. The van der Waals surface area contributed by atoms with Gasteiger partial charge in [0.2, 0.25) is 17.7 Å². The highest BCUT2D eigenvalue weighted by molar-refractivity contribution is 5.93. The van der Waals surface area contributed by atoms with Crippen LogP contribution in [0.15, 0.2) is 0 Å². The SMILES string of the molecule is CC(C)[C@H](NC(=O)[C@@H](N)CC(N)=O)C(=O)N1CCC[C@@H]1C(=O)O. The molecule has 0 radical (unpaired) electrons. The molecule has 130 valence electrons. The Morgan fingerprint density at radius 3 is 2.39 bits per heavy atom. The van der Waals surface area contributed by atoms with E-state index in [1.807, 2.05) is 0 Å². The molecule has 0 aliphatic carbocycles. The summed E-state index contributed by atoms with van der Waals surface area (Å²) in [7, 11) is 0. The molecule has 0 aromatic rings. The molecule has 1 saturated heterocycles. The van der Waals surface area contributed by atoms with Gasteiger partial charge in [-0.15, -0.1) is 0 Å². The van der Waals surface area contributed by atoms with Crippen LogP contribution in [0.5, 0.6) is 0 Å². The third-order valence-corrected chi connectivity index (χ3v) is 3.81. The van der Waals surface area contributed by atoms with Crippen LogP contribution in [0.25, 0.3) is 0 Å². The number of nitrogens with one attached hydrogen (secondary N) is 1. The molecule has 6 N–H and O–H groups in total. The van der Waals surface area contributed by atoms with E-state index in [0.717, 1.165) is 0 Å². The van der Waals surface area contributed by atoms with E-state index in [2.05, 4.69) is 5.32 Å². The van der Waals surface area contributed by atoms with Gasteiger partial charge in [-0.2, -0.15) is 0 Å². The molecule has 0 spiro atoms. The van der Waals surface area contributed by atoms with Crippen LogP contribution >= 0.6 is 0 Å². The van der Waals surface area contributed by atoms with Gasteiger partial charge >= 0.3 is 5.97 Å². The van der Waals surface area contributed by atoms with Gasteiger partial charge in [0.15, 0.2) is 0 Å². The van der Waals surface area contributed by atoms with Gasteiger partial charge in [0.05, 0.1) is 12.5 Å². The molecule has 0 unspecified atom stereocenters. The number of carbonyl (C=O) groups is 4. The fourth-order valence-corrected chi connectivity index (χ4v) is 2.55. The molecular weight excluding hydrogens is 304 g/mol. The average molecular weight is 328 g/mol. The van der Waals surface area contributed by atoms with E-state index < -0.39 is 41.8 Å². The lowest BCUT2D eigenvalue weighted by molar-refractivity contribution is -0.150. The highest BCUT2D eigenvalue weighted by atomic mass is 16.4. The minimum atomic E-state index is -1.14. The Bertz CT molecular complexity index is 494. The average Bonchev–Trinajstić information content (AvgIpc) is 2.92. The molecule has 9 nitrogen and oxygen atoms in total. The third kappa shape index (κ3) is 4.92. The summed E-state index contributed by atoms with van der Waals surface area (Å²) in [4.78, 5) is 47.9. The van der Waals surface area contributed by atoms with Gasteiger partial charge in [-0.1, -0.05) is 13.8 Å². The van der Waals surface area contributed by atoms with Crippen molar-refractivity contribution in [3.63, 3.8) is 0 Å². The fraction of sp³-hybridized carbons (Fsp3) is 0.714. The van der Waals surface area contributed by atoms with Crippen molar-refractivity contribution in [2.45, 2.75) is 51.2 Å². The van der Waals surface area contributed by atoms with Crippen molar-refractivity contribution in [3.8, 4) is 0 Å². The predicted octanol–water partition coefficient (Wildman–Crippen LogP) is -1.59. The van der Waals surface area contributed by atoms with Crippen molar-refractivity contribution in [1.29, 1.82) is 0 Å². The Kier molecular flexibility index (Phi) is 6.49. The largest absolute Gasteiger partial charge is 0.480 e. The van der Waals surface area contributed by atoms with Gasteiger partial charge in [0.25, 0.3) is 0 Å². The van der Waals surface area contributed by atoms with Gasteiger partial charge in [0.1, 0.15) is 12.1 Å². The van der Waals surface area contributed by atoms with Crippen LogP contribution in [-0.2, 0) is 19.2 Å². The van der Waals surface area contributed by atoms with Crippen LogP contribution in [-0.4, -0.2) is 58.4 Å². The van der Waals surface area contributed by atoms with Crippen LogP contribution in [0.4, 0.5) is 0 Å². The molecular formula is C14H24N4O5. The van der Waals surface area contributed by atoms with Crippen molar-refractivity contribution >= 4 is 23.7 Å². The molecule has 0 aromatic carbocycles. The Morgan fingerprint density at radius 1 is 1.30 bits per heavy atom. The predicted molar refractivity (Wildman–Crippen MR) is 80.9 cm³/mol. The Balaban J connectivity index is 2.81. The Labute approximate surface area is 134 Å². The van der Waals surface area contributed by atoms with E-state index in [4.69, 9.17) is 16.6 Å². The first-order chi connectivity index (χ1) is 10.6. The number of amides is 3. The molecule has 23 heavy (non-hydrogen) atoms. The van der Waals surface area contributed by atoms with E-state index in [0.29, 0.717) is 19.4 Å². The smallest absolute Gasteiger partial charge is 0.326 e. The van der Waals surface area contributed by atoms with E-state index in [9.17, 15) is 19.2 Å². The zero-order valence-corrected chi connectivity index (χ0v) is 13.3. The number of hydrogen-bond acceptors (Lipinski definition) is 5. The maximum atomic E-state index is 12.6. The second-order valence-electron chi connectivity index (χ2n) is 6.04. The molecule has 9 heteroatoms. The van der Waals surface area contributed by atoms with Crippen molar-refractivity contribution in [1.82, 2.24) is 10.2 Å².